The van der Waals surface area contributed by atoms with Gasteiger partial charge in [-0.2, -0.15) is 10.1 Å². The molecule has 2 heterocycles. The zero-order valence-electron chi connectivity index (χ0n) is 12.1. The monoisotopic (exact) mass is 283 g/mol. The van der Waals surface area contributed by atoms with Crippen LogP contribution in [-0.2, 0) is 0 Å². The molecule has 3 aromatic rings. The number of H-pyrrole nitrogens is 1. The zero-order valence-corrected chi connectivity index (χ0v) is 12.1. The molecule has 0 aliphatic rings. The maximum Gasteiger partial charge on any atom is 0.225 e. The van der Waals surface area contributed by atoms with E-state index in [0.717, 1.165) is 28.8 Å². The first-order chi connectivity index (χ1) is 10.3. The lowest BCUT2D eigenvalue weighted by molar-refractivity contribution is 0.318. The molecule has 108 valence electrons. The summed E-state index contributed by atoms with van der Waals surface area (Å²) in [4.78, 5) is 8.92. The molecular formula is C15H17N5O. The largest absolute Gasteiger partial charge is 0.493 e. The number of rotatable bonds is 5. The van der Waals surface area contributed by atoms with E-state index in [2.05, 4.69) is 32.4 Å². The highest BCUT2D eigenvalue weighted by Crippen LogP contribution is 2.33. The lowest BCUT2D eigenvalue weighted by atomic mass is 10.1. The molecule has 0 spiro atoms. The molecule has 0 saturated carbocycles. The van der Waals surface area contributed by atoms with Gasteiger partial charge in [0, 0.05) is 12.6 Å². The van der Waals surface area contributed by atoms with Crippen molar-refractivity contribution >= 4 is 17.0 Å². The van der Waals surface area contributed by atoms with Crippen molar-refractivity contribution in [2.24, 2.45) is 0 Å². The number of anilines is 1. The maximum absolute atomic E-state index is 5.83. The molecule has 0 aliphatic carbocycles. The van der Waals surface area contributed by atoms with E-state index in [1.807, 2.05) is 24.3 Å². The molecule has 0 aliphatic heterocycles. The van der Waals surface area contributed by atoms with Crippen LogP contribution in [0.5, 0.6) is 5.75 Å². The highest BCUT2D eigenvalue weighted by atomic mass is 16.5. The fourth-order valence-corrected chi connectivity index (χ4v) is 2.15. The smallest absolute Gasteiger partial charge is 0.225 e. The van der Waals surface area contributed by atoms with Gasteiger partial charge in [0.25, 0.3) is 0 Å². The van der Waals surface area contributed by atoms with Gasteiger partial charge in [-0.15, -0.1) is 0 Å². The molecule has 0 radical (unpaired) electrons. The molecule has 6 heteroatoms. The van der Waals surface area contributed by atoms with Crippen LogP contribution in [0.25, 0.3) is 22.3 Å². The van der Waals surface area contributed by atoms with Crippen LogP contribution in [0.3, 0.4) is 0 Å². The number of ether oxygens (including phenoxy) is 1. The van der Waals surface area contributed by atoms with Gasteiger partial charge in [0.15, 0.2) is 5.65 Å². The molecular weight excluding hydrogens is 266 g/mol. The standard InChI is InChI=1S/C15H17N5O/c1-3-8-21-12-7-5-4-6-10(12)13-11-9-17-20-14(11)19-15(16-2)18-13/h4-7,9H,3,8H2,1-2H3,(H2,16,17,18,19,20). The molecule has 0 fully saturated rings. The summed E-state index contributed by atoms with van der Waals surface area (Å²) in [6.45, 7) is 2.76. The second-order valence-electron chi connectivity index (χ2n) is 4.62. The SMILES string of the molecule is CCCOc1ccccc1-c1nc(NC)nc2[nH]ncc12. The van der Waals surface area contributed by atoms with Crippen molar-refractivity contribution in [3.8, 4) is 17.0 Å². The van der Waals surface area contributed by atoms with Crippen LogP contribution in [0.4, 0.5) is 5.95 Å². The van der Waals surface area contributed by atoms with Crippen LogP contribution in [0.1, 0.15) is 13.3 Å². The fourth-order valence-electron chi connectivity index (χ4n) is 2.15. The van der Waals surface area contributed by atoms with E-state index in [9.17, 15) is 0 Å². The van der Waals surface area contributed by atoms with Crippen LogP contribution in [-0.4, -0.2) is 33.8 Å². The van der Waals surface area contributed by atoms with E-state index in [1.165, 1.54) is 0 Å². The topological polar surface area (TPSA) is 75.7 Å². The highest BCUT2D eigenvalue weighted by molar-refractivity contribution is 5.92. The second kappa shape index (κ2) is 5.78. The van der Waals surface area contributed by atoms with Gasteiger partial charge < -0.3 is 10.1 Å². The molecule has 0 amide bonds. The maximum atomic E-state index is 5.83. The minimum absolute atomic E-state index is 0.548. The van der Waals surface area contributed by atoms with Crippen molar-refractivity contribution < 1.29 is 4.74 Å². The minimum atomic E-state index is 0.548. The van der Waals surface area contributed by atoms with E-state index in [-0.39, 0.29) is 0 Å². The zero-order chi connectivity index (χ0) is 14.7. The van der Waals surface area contributed by atoms with Gasteiger partial charge in [0.1, 0.15) is 5.75 Å². The molecule has 6 nitrogen and oxygen atoms in total. The number of nitrogens with zero attached hydrogens (tertiary/aromatic N) is 3. The van der Waals surface area contributed by atoms with Gasteiger partial charge in [0.2, 0.25) is 5.95 Å². The predicted molar refractivity (Wildman–Crippen MR) is 82.5 cm³/mol. The van der Waals surface area contributed by atoms with Crippen LogP contribution in [0, 0.1) is 0 Å². The van der Waals surface area contributed by atoms with Gasteiger partial charge in [0.05, 0.1) is 23.9 Å². The Morgan fingerprint density at radius 2 is 2.10 bits per heavy atom. The average molecular weight is 283 g/mol. The van der Waals surface area contributed by atoms with Crippen LogP contribution in [0.2, 0.25) is 0 Å². The quantitative estimate of drug-likeness (QED) is 0.753. The molecule has 21 heavy (non-hydrogen) atoms. The van der Waals surface area contributed by atoms with Gasteiger partial charge in [-0.1, -0.05) is 19.1 Å². The first-order valence-corrected chi connectivity index (χ1v) is 6.94. The van der Waals surface area contributed by atoms with Crippen LogP contribution < -0.4 is 10.1 Å². The molecule has 0 bridgehead atoms. The first-order valence-electron chi connectivity index (χ1n) is 6.94. The third-order valence-electron chi connectivity index (χ3n) is 3.14. The summed E-state index contributed by atoms with van der Waals surface area (Å²) in [6.07, 6.45) is 2.70. The summed E-state index contributed by atoms with van der Waals surface area (Å²) in [5, 5.41) is 10.8. The number of nitrogens with one attached hydrogen (secondary N) is 2. The minimum Gasteiger partial charge on any atom is -0.493 e. The van der Waals surface area contributed by atoms with Crippen molar-refractivity contribution in [1.29, 1.82) is 0 Å². The number of fused-ring (bicyclic) bond motifs is 1. The molecule has 0 unspecified atom stereocenters. The molecule has 0 saturated heterocycles. The average Bonchev–Trinajstić information content (AvgIpc) is 3.00. The third-order valence-corrected chi connectivity index (χ3v) is 3.14. The molecule has 3 rings (SSSR count). The number of hydrogen-bond acceptors (Lipinski definition) is 5. The Bertz CT molecular complexity index is 753. The number of aromatic nitrogens is 4. The van der Waals surface area contributed by atoms with Gasteiger partial charge in [-0.05, 0) is 18.6 Å². The van der Waals surface area contributed by atoms with Crippen LogP contribution >= 0.6 is 0 Å². The van der Waals surface area contributed by atoms with Crippen molar-refractivity contribution in [3.05, 3.63) is 30.5 Å². The third kappa shape index (κ3) is 2.52. The first kappa shape index (κ1) is 13.4. The molecule has 0 atom stereocenters. The Labute approximate surface area is 122 Å². The van der Waals surface area contributed by atoms with E-state index >= 15 is 0 Å². The van der Waals surface area contributed by atoms with Gasteiger partial charge >= 0.3 is 0 Å². The summed E-state index contributed by atoms with van der Waals surface area (Å²) in [6, 6.07) is 7.89. The number of hydrogen-bond donors (Lipinski definition) is 2. The van der Waals surface area contributed by atoms with Gasteiger partial charge in [-0.3, -0.25) is 5.10 Å². The van der Waals surface area contributed by atoms with Crippen molar-refractivity contribution in [2.75, 3.05) is 19.0 Å². The number of benzene rings is 1. The summed E-state index contributed by atoms with van der Waals surface area (Å²) in [5.41, 5.74) is 2.45. The Kier molecular flexibility index (Phi) is 3.68. The molecule has 2 N–H and O–H groups in total. The Balaban J connectivity index is 2.17. The molecule has 2 aromatic heterocycles. The summed E-state index contributed by atoms with van der Waals surface area (Å²) < 4.78 is 5.83. The fraction of sp³-hybridized carbons (Fsp3) is 0.267. The lowest BCUT2D eigenvalue weighted by Gasteiger charge is -2.11. The van der Waals surface area contributed by atoms with Crippen molar-refractivity contribution in [1.82, 2.24) is 20.2 Å². The van der Waals surface area contributed by atoms with Crippen LogP contribution in [0.15, 0.2) is 30.5 Å². The van der Waals surface area contributed by atoms with E-state index in [1.54, 1.807) is 13.2 Å². The highest BCUT2D eigenvalue weighted by Gasteiger charge is 2.14. The Hall–Kier alpha value is -2.63. The van der Waals surface area contributed by atoms with Crippen molar-refractivity contribution in [2.45, 2.75) is 13.3 Å². The Morgan fingerprint density at radius 1 is 1.24 bits per heavy atom. The normalized spacial score (nSPS) is 10.8. The van der Waals surface area contributed by atoms with Gasteiger partial charge in [-0.25, -0.2) is 4.98 Å². The summed E-state index contributed by atoms with van der Waals surface area (Å²) in [5.74, 6) is 1.37. The van der Waals surface area contributed by atoms with E-state index < -0.39 is 0 Å². The summed E-state index contributed by atoms with van der Waals surface area (Å²) in [7, 11) is 1.79. The Morgan fingerprint density at radius 3 is 2.90 bits per heavy atom. The summed E-state index contributed by atoms with van der Waals surface area (Å²) >= 11 is 0. The number of aromatic amines is 1. The molecule has 1 aromatic carbocycles. The predicted octanol–water partition coefficient (Wildman–Crippen LogP) is 2.85. The number of para-hydroxylation sites is 1. The van der Waals surface area contributed by atoms with E-state index in [0.29, 0.717) is 18.2 Å². The van der Waals surface area contributed by atoms with Crippen molar-refractivity contribution in [3.63, 3.8) is 0 Å². The lowest BCUT2D eigenvalue weighted by Crippen LogP contribution is -2.01. The second-order valence-corrected chi connectivity index (χ2v) is 4.62. The van der Waals surface area contributed by atoms with E-state index in [4.69, 9.17) is 4.74 Å².